The van der Waals surface area contributed by atoms with Crippen molar-refractivity contribution in [3.05, 3.63) is 110 Å². The van der Waals surface area contributed by atoms with Crippen LogP contribution in [0.1, 0.15) is 15.9 Å². The molecule has 0 fully saturated rings. The first-order valence-electron chi connectivity index (χ1n) is 10.3. The van der Waals surface area contributed by atoms with E-state index in [2.05, 4.69) is 10.1 Å². The third kappa shape index (κ3) is 4.77. The largest absolute Gasteiger partial charge is 0.465 e. The Hall–Kier alpha value is -4.17. The zero-order valence-electron chi connectivity index (χ0n) is 18.2. The highest BCUT2D eigenvalue weighted by molar-refractivity contribution is 6.30. The smallest absolute Gasteiger partial charge is 0.337 e. The summed E-state index contributed by atoms with van der Waals surface area (Å²) >= 11 is 6.05. The second-order valence-corrected chi connectivity index (χ2v) is 7.96. The second-order valence-electron chi connectivity index (χ2n) is 7.52. The molecule has 0 saturated carbocycles. The van der Waals surface area contributed by atoms with Gasteiger partial charge in [-0.15, -0.1) is 0 Å². The van der Waals surface area contributed by atoms with Crippen LogP contribution in [0.25, 0.3) is 10.9 Å². The zero-order valence-corrected chi connectivity index (χ0v) is 18.9. The van der Waals surface area contributed by atoms with E-state index in [4.69, 9.17) is 11.6 Å². The average Bonchev–Trinajstić information content (AvgIpc) is 2.84. The molecular formula is C25H20ClN3O5. The minimum Gasteiger partial charge on any atom is -0.465 e. The van der Waals surface area contributed by atoms with Crippen LogP contribution < -0.4 is 16.6 Å². The van der Waals surface area contributed by atoms with Gasteiger partial charge in [0, 0.05) is 10.7 Å². The number of fused-ring (bicyclic) bond motifs is 1. The zero-order chi connectivity index (χ0) is 24.2. The van der Waals surface area contributed by atoms with Gasteiger partial charge < -0.3 is 10.1 Å². The molecule has 4 rings (SSSR count). The Morgan fingerprint density at radius 3 is 2.38 bits per heavy atom. The second kappa shape index (κ2) is 9.76. The van der Waals surface area contributed by atoms with Gasteiger partial charge in [0.25, 0.3) is 5.56 Å². The number of hydrogen-bond acceptors (Lipinski definition) is 5. The van der Waals surface area contributed by atoms with Gasteiger partial charge in [-0.05, 0) is 54.1 Å². The van der Waals surface area contributed by atoms with Gasteiger partial charge >= 0.3 is 11.7 Å². The molecule has 0 spiro atoms. The quantitative estimate of drug-likeness (QED) is 0.430. The predicted molar refractivity (Wildman–Crippen MR) is 129 cm³/mol. The molecule has 0 bridgehead atoms. The molecule has 1 N–H and O–H groups in total. The molecule has 9 heteroatoms. The van der Waals surface area contributed by atoms with Crippen molar-refractivity contribution in [2.45, 2.75) is 13.1 Å². The van der Waals surface area contributed by atoms with E-state index in [0.29, 0.717) is 32.7 Å². The Labute approximate surface area is 199 Å². The molecule has 8 nitrogen and oxygen atoms in total. The van der Waals surface area contributed by atoms with Gasteiger partial charge in [-0.25, -0.2) is 9.59 Å². The fourth-order valence-corrected chi connectivity index (χ4v) is 3.85. The van der Waals surface area contributed by atoms with E-state index in [1.807, 2.05) is 0 Å². The number of halogens is 1. The fourth-order valence-electron chi connectivity index (χ4n) is 3.63. The van der Waals surface area contributed by atoms with Crippen molar-refractivity contribution in [1.82, 2.24) is 9.13 Å². The molecular weight excluding hydrogens is 458 g/mol. The molecule has 34 heavy (non-hydrogen) atoms. The van der Waals surface area contributed by atoms with Gasteiger partial charge in [-0.3, -0.25) is 18.7 Å². The fraction of sp³-hybridized carbons (Fsp3) is 0.120. The first kappa shape index (κ1) is 23.0. The van der Waals surface area contributed by atoms with E-state index in [1.165, 1.54) is 23.8 Å². The molecule has 0 atom stereocenters. The lowest BCUT2D eigenvalue weighted by atomic mass is 10.2. The van der Waals surface area contributed by atoms with Crippen molar-refractivity contribution < 1.29 is 14.3 Å². The molecule has 4 aromatic rings. The minimum atomic E-state index is -0.611. The van der Waals surface area contributed by atoms with Gasteiger partial charge in [-0.2, -0.15) is 0 Å². The number of amides is 1. The van der Waals surface area contributed by atoms with E-state index in [-0.39, 0.29) is 13.1 Å². The lowest BCUT2D eigenvalue weighted by molar-refractivity contribution is -0.116. The van der Waals surface area contributed by atoms with Crippen molar-refractivity contribution in [2.24, 2.45) is 0 Å². The number of ether oxygens (including phenoxy) is 1. The van der Waals surface area contributed by atoms with Gasteiger partial charge in [0.1, 0.15) is 6.54 Å². The molecule has 0 saturated heterocycles. The molecule has 0 radical (unpaired) electrons. The number of rotatable bonds is 6. The van der Waals surface area contributed by atoms with Crippen LogP contribution in [0.15, 0.2) is 82.4 Å². The van der Waals surface area contributed by atoms with Crippen LogP contribution in [0.4, 0.5) is 5.69 Å². The first-order chi connectivity index (χ1) is 16.4. The van der Waals surface area contributed by atoms with E-state index in [0.717, 1.165) is 4.57 Å². The van der Waals surface area contributed by atoms with Crippen LogP contribution in [-0.2, 0) is 22.6 Å². The Morgan fingerprint density at radius 1 is 0.941 bits per heavy atom. The summed E-state index contributed by atoms with van der Waals surface area (Å²) in [5.74, 6) is -0.955. The number of carbonyl (C=O) groups excluding carboxylic acids is 2. The maximum atomic E-state index is 13.3. The molecule has 172 valence electrons. The number of benzene rings is 3. The predicted octanol–water partition coefficient (Wildman–Crippen LogP) is 3.29. The monoisotopic (exact) mass is 477 g/mol. The first-order valence-corrected chi connectivity index (χ1v) is 10.7. The van der Waals surface area contributed by atoms with Crippen molar-refractivity contribution in [1.29, 1.82) is 0 Å². The van der Waals surface area contributed by atoms with E-state index in [9.17, 15) is 19.2 Å². The number of carbonyl (C=O) groups is 2. The summed E-state index contributed by atoms with van der Waals surface area (Å²) in [5, 5.41) is 3.51. The highest BCUT2D eigenvalue weighted by Gasteiger charge is 2.16. The maximum Gasteiger partial charge on any atom is 0.337 e. The topological polar surface area (TPSA) is 99.4 Å². The maximum absolute atomic E-state index is 13.3. The number of esters is 1. The van der Waals surface area contributed by atoms with Crippen LogP contribution in [0.2, 0.25) is 5.02 Å². The number of aromatic nitrogens is 2. The van der Waals surface area contributed by atoms with Crippen molar-refractivity contribution in [3.63, 3.8) is 0 Å². The minimum absolute atomic E-state index is 0.0136. The van der Waals surface area contributed by atoms with Crippen molar-refractivity contribution in [3.8, 4) is 0 Å². The van der Waals surface area contributed by atoms with E-state index >= 15 is 0 Å². The number of methoxy groups -OCH3 is 1. The molecule has 0 aliphatic rings. The van der Waals surface area contributed by atoms with Crippen LogP contribution >= 0.6 is 11.6 Å². The number of hydrogen-bond donors (Lipinski definition) is 1. The summed E-state index contributed by atoms with van der Waals surface area (Å²) in [6.45, 7) is -0.298. The Morgan fingerprint density at radius 2 is 1.68 bits per heavy atom. The highest BCUT2D eigenvalue weighted by atomic mass is 35.5. The summed E-state index contributed by atoms with van der Waals surface area (Å²) in [5.41, 5.74) is 0.772. The van der Waals surface area contributed by atoms with Gasteiger partial charge in [0.15, 0.2) is 0 Å². The molecule has 0 unspecified atom stereocenters. The summed E-state index contributed by atoms with van der Waals surface area (Å²) < 4.78 is 7.01. The Bertz CT molecular complexity index is 1510. The van der Waals surface area contributed by atoms with Gasteiger partial charge in [0.05, 0.1) is 30.1 Å². The number of para-hydroxylation sites is 1. The Balaban J connectivity index is 1.67. The van der Waals surface area contributed by atoms with Gasteiger partial charge in [0.2, 0.25) is 5.91 Å². The van der Waals surface area contributed by atoms with Crippen LogP contribution in [0.5, 0.6) is 0 Å². The summed E-state index contributed by atoms with van der Waals surface area (Å²) in [7, 11) is 1.28. The van der Waals surface area contributed by atoms with Crippen LogP contribution in [0.3, 0.4) is 0 Å². The molecule has 1 heterocycles. The summed E-state index contributed by atoms with van der Waals surface area (Å²) in [4.78, 5) is 50.7. The van der Waals surface area contributed by atoms with Crippen LogP contribution in [0, 0.1) is 0 Å². The van der Waals surface area contributed by atoms with E-state index in [1.54, 1.807) is 60.7 Å². The normalized spacial score (nSPS) is 10.8. The van der Waals surface area contributed by atoms with Crippen molar-refractivity contribution >= 4 is 40.1 Å². The summed E-state index contributed by atoms with van der Waals surface area (Å²) in [6, 6.07) is 19.7. The number of nitrogens with zero attached hydrogens (tertiary/aromatic N) is 2. The third-order valence-electron chi connectivity index (χ3n) is 5.25. The highest BCUT2D eigenvalue weighted by Crippen LogP contribution is 2.14. The number of nitrogens with one attached hydrogen (secondary N) is 1. The molecule has 3 aromatic carbocycles. The SMILES string of the molecule is COC(=O)c1ccc(NC(=O)Cn2c(=O)n(Cc3cccc(Cl)c3)c(=O)c3ccccc32)cc1. The Kier molecular flexibility index (Phi) is 6.60. The standard InChI is InChI=1S/C25H20ClN3O5/c1-34-24(32)17-9-11-19(12-10-17)27-22(30)15-28-21-8-3-2-7-20(21)23(31)29(25(28)33)14-16-5-4-6-18(26)13-16/h2-13H,14-15H2,1H3,(H,27,30). The lowest BCUT2D eigenvalue weighted by Crippen LogP contribution is -2.42. The third-order valence-corrected chi connectivity index (χ3v) is 5.49. The molecule has 0 aliphatic heterocycles. The van der Waals surface area contributed by atoms with E-state index < -0.39 is 23.1 Å². The number of anilines is 1. The van der Waals surface area contributed by atoms with Gasteiger partial charge in [-0.1, -0.05) is 35.9 Å². The molecule has 1 aromatic heterocycles. The van der Waals surface area contributed by atoms with Crippen LogP contribution in [-0.4, -0.2) is 28.1 Å². The summed E-state index contributed by atoms with van der Waals surface area (Å²) in [6.07, 6.45) is 0. The molecule has 0 aliphatic carbocycles. The van der Waals surface area contributed by atoms with Crippen molar-refractivity contribution in [2.75, 3.05) is 12.4 Å². The lowest BCUT2D eigenvalue weighted by Gasteiger charge is -2.14. The average molecular weight is 478 g/mol. The molecule has 1 amide bonds.